The molecule has 3 atom stereocenters. The second-order valence-electron chi connectivity index (χ2n) is 6.87. The fourth-order valence-electron chi connectivity index (χ4n) is 3.58. The SMILES string of the molecule is Cc1ccc(Cl)cc1NC(=O)CCCCC1C2NC(=O)NC2CS1(=O)=O. The van der Waals surface area contributed by atoms with Crippen LogP contribution in [0.3, 0.4) is 0 Å². The van der Waals surface area contributed by atoms with Crippen LogP contribution in [0.2, 0.25) is 5.02 Å². The van der Waals surface area contributed by atoms with Crippen molar-refractivity contribution in [3.8, 4) is 0 Å². The maximum Gasteiger partial charge on any atom is 0.315 e. The van der Waals surface area contributed by atoms with E-state index in [-0.39, 0.29) is 29.8 Å². The number of carbonyl (C=O) groups is 2. The van der Waals surface area contributed by atoms with Gasteiger partial charge in [0.25, 0.3) is 0 Å². The molecule has 26 heavy (non-hydrogen) atoms. The molecule has 2 aliphatic heterocycles. The van der Waals surface area contributed by atoms with Gasteiger partial charge in [-0.25, -0.2) is 13.2 Å². The van der Waals surface area contributed by atoms with Crippen LogP contribution in [0, 0.1) is 6.92 Å². The van der Waals surface area contributed by atoms with E-state index in [1.807, 2.05) is 13.0 Å². The van der Waals surface area contributed by atoms with Gasteiger partial charge < -0.3 is 16.0 Å². The summed E-state index contributed by atoms with van der Waals surface area (Å²) < 4.78 is 24.5. The minimum Gasteiger partial charge on any atom is -0.332 e. The summed E-state index contributed by atoms with van der Waals surface area (Å²) in [5.74, 6) is -0.145. The third kappa shape index (κ3) is 4.12. The van der Waals surface area contributed by atoms with Crippen molar-refractivity contribution in [2.75, 3.05) is 11.1 Å². The van der Waals surface area contributed by atoms with Crippen molar-refractivity contribution in [1.29, 1.82) is 0 Å². The van der Waals surface area contributed by atoms with E-state index in [0.29, 0.717) is 36.4 Å². The van der Waals surface area contributed by atoms with Gasteiger partial charge >= 0.3 is 6.03 Å². The molecule has 2 saturated heterocycles. The fourth-order valence-corrected chi connectivity index (χ4v) is 6.02. The Balaban J connectivity index is 1.47. The molecule has 1 aromatic rings. The lowest BCUT2D eigenvalue weighted by atomic mass is 10.0. The van der Waals surface area contributed by atoms with E-state index in [4.69, 9.17) is 11.6 Å². The molecule has 9 heteroatoms. The average Bonchev–Trinajstić information content (AvgIpc) is 2.99. The van der Waals surface area contributed by atoms with Crippen LogP contribution in [0.1, 0.15) is 31.2 Å². The van der Waals surface area contributed by atoms with Crippen molar-refractivity contribution in [3.05, 3.63) is 28.8 Å². The zero-order valence-electron chi connectivity index (χ0n) is 14.4. The molecule has 2 fully saturated rings. The number of sulfone groups is 1. The molecule has 0 bridgehead atoms. The van der Waals surface area contributed by atoms with Gasteiger partial charge in [-0.2, -0.15) is 0 Å². The van der Waals surface area contributed by atoms with Crippen LogP contribution in [-0.4, -0.2) is 43.4 Å². The Morgan fingerprint density at radius 2 is 2.08 bits per heavy atom. The Labute approximate surface area is 157 Å². The van der Waals surface area contributed by atoms with Crippen molar-refractivity contribution in [1.82, 2.24) is 10.6 Å². The normalized spacial score (nSPS) is 26.1. The van der Waals surface area contributed by atoms with Crippen molar-refractivity contribution in [2.45, 2.75) is 49.9 Å². The summed E-state index contributed by atoms with van der Waals surface area (Å²) in [6, 6.07) is 4.29. The molecule has 142 valence electrons. The Morgan fingerprint density at radius 1 is 1.31 bits per heavy atom. The number of nitrogens with one attached hydrogen (secondary N) is 3. The first-order chi connectivity index (χ1) is 12.3. The van der Waals surface area contributed by atoms with E-state index >= 15 is 0 Å². The first-order valence-electron chi connectivity index (χ1n) is 8.61. The number of rotatable bonds is 6. The maximum atomic E-state index is 12.2. The molecule has 2 aliphatic rings. The van der Waals surface area contributed by atoms with E-state index in [1.54, 1.807) is 12.1 Å². The highest BCUT2D eigenvalue weighted by Crippen LogP contribution is 2.28. The second kappa shape index (κ2) is 7.44. The molecule has 2 heterocycles. The molecule has 0 radical (unpaired) electrons. The van der Waals surface area contributed by atoms with Crippen molar-refractivity contribution < 1.29 is 18.0 Å². The first kappa shape index (κ1) is 19.0. The Morgan fingerprint density at radius 3 is 2.85 bits per heavy atom. The highest BCUT2D eigenvalue weighted by atomic mass is 35.5. The monoisotopic (exact) mass is 399 g/mol. The molecule has 3 N–H and O–H groups in total. The van der Waals surface area contributed by atoms with Crippen LogP contribution in [0.5, 0.6) is 0 Å². The number of anilines is 1. The Kier molecular flexibility index (Phi) is 5.43. The van der Waals surface area contributed by atoms with Gasteiger partial charge in [0.2, 0.25) is 5.91 Å². The van der Waals surface area contributed by atoms with Gasteiger partial charge in [-0.3, -0.25) is 4.79 Å². The smallest absolute Gasteiger partial charge is 0.315 e. The average molecular weight is 400 g/mol. The van der Waals surface area contributed by atoms with Crippen molar-refractivity contribution >= 4 is 39.1 Å². The molecule has 3 rings (SSSR count). The highest BCUT2D eigenvalue weighted by molar-refractivity contribution is 7.92. The van der Waals surface area contributed by atoms with Crippen molar-refractivity contribution in [3.63, 3.8) is 0 Å². The summed E-state index contributed by atoms with van der Waals surface area (Å²) >= 11 is 5.94. The van der Waals surface area contributed by atoms with Crippen LogP contribution in [0.4, 0.5) is 10.5 Å². The summed E-state index contributed by atoms with van der Waals surface area (Å²) in [7, 11) is -3.22. The summed E-state index contributed by atoms with van der Waals surface area (Å²) in [6.45, 7) is 1.89. The minimum absolute atomic E-state index is 0.0183. The Bertz CT molecular complexity index is 827. The molecule has 0 aromatic heterocycles. The first-order valence-corrected chi connectivity index (χ1v) is 10.7. The van der Waals surface area contributed by atoms with E-state index in [2.05, 4.69) is 16.0 Å². The number of fused-ring (bicyclic) bond motifs is 1. The second-order valence-corrected chi connectivity index (χ2v) is 9.57. The van der Waals surface area contributed by atoms with Gasteiger partial charge in [-0.15, -0.1) is 0 Å². The number of unbranched alkanes of at least 4 members (excludes halogenated alkanes) is 1. The Hall–Kier alpha value is -1.80. The van der Waals surface area contributed by atoms with Gasteiger partial charge in [0, 0.05) is 17.1 Å². The molecule has 1 aromatic carbocycles. The molecule has 0 aliphatic carbocycles. The summed E-state index contributed by atoms with van der Waals surface area (Å²) in [6.07, 6.45) is 1.92. The van der Waals surface area contributed by atoms with E-state index in [0.717, 1.165) is 5.56 Å². The molecule has 0 spiro atoms. The third-order valence-corrected chi connectivity index (χ3v) is 7.45. The number of halogens is 1. The van der Waals surface area contributed by atoms with Crippen LogP contribution >= 0.6 is 11.6 Å². The highest BCUT2D eigenvalue weighted by Gasteiger charge is 2.51. The van der Waals surface area contributed by atoms with Crippen LogP contribution in [-0.2, 0) is 14.6 Å². The number of urea groups is 1. The zero-order valence-corrected chi connectivity index (χ0v) is 16.0. The molecule has 3 amide bonds. The quantitative estimate of drug-likeness (QED) is 0.502. The summed E-state index contributed by atoms with van der Waals surface area (Å²) in [4.78, 5) is 23.5. The van der Waals surface area contributed by atoms with E-state index in [9.17, 15) is 18.0 Å². The molecule has 7 nitrogen and oxygen atoms in total. The van der Waals surface area contributed by atoms with Crippen LogP contribution in [0.25, 0.3) is 0 Å². The number of amides is 3. The zero-order chi connectivity index (χ0) is 18.9. The van der Waals surface area contributed by atoms with Gasteiger partial charge in [-0.1, -0.05) is 24.1 Å². The molecular weight excluding hydrogens is 378 g/mol. The third-order valence-electron chi connectivity index (χ3n) is 4.94. The standard InChI is InChI=1S/C17H22ClN3O4S/c1-10-6-7-11(18)8-12(10)19-15(22)5-3-2-4-14-16-13(9-26(14,24)25)20-17(23)21-16/h6-8,13-14,16H,2-5,9H2,1H3,(H,19,22)(H2,20,21,23). The number of hydrogen-bond donors (Lipinski definition) is 3. The van der Waals surface area contributed by atoms with E-state index in [1.165, 1.54) is 0 Å². The van der Waals surface area contributed by atoms with Gasteiger partial charge in [0.05, 0.1) is 23.1 Å². The minimum atomic E-state index is -3.22. The maximum absolute atomic E-state index is 12.2. The molecular formula is C17H22ClN3O4S. The number of hydrogen-bond acceptors (Lipinski definition) is 4. The lowest BCUT2D eigenvalue weighted by molar-refractivity contribution is -0.116. The van der Waals surface area contributed by atoms with Crippen LogP contribution in [0.15, 0.2) is 18.2 Å². The summed E-state index contributed by atoms with van der Waals surface area (Å²) in [5, 5.41) is 8.14. The van der Waals surface area contributed by atoms with Gasteiger partial charge in [-0.05, 0) is 37.5 Å². The molecule has 0 saturated carbocycles. The lowest BCUT2D eigenvalue weighted by Crippen LogP contribution is -2.39. The lowest BCUT2D eigenvalue weighted by Gasteiger charge is -2.16. The number of carbonyl (C=O) groups excluding carboxylic acids is 2. The van der Waals surface area contributed by atoms with Gasteiger partial charge in [0.15, 0.2) is 9.84 Å². The fraction of sp³-hybridized carbons (Fsp3) is 0.529. The topological polar surface area (TPSA) is 104 Å². The number of benzene rings is 1. The van der Waals surface area contributed by atoms with Crippen LogP contribution < -0.4 is 16.0 Å². The van der Waals surface area contributed by atoms with E-state index < -0.39 is 15.1 Å². The predicted molar refractivity (Wildman–Crippen MR) is 100 cm³/mol. The van der Waals surface area contributed by atoms with Crippen molar-refractivity contribution in [2.24, 2.45) is 0 Å². The largest absolute Gasteiger partial charge is 0.332 e. The number of aryl methyl sites for hydroxylation is 1. The predicted octanol–water partition coefficient (Wildman–Crippen LogP) is 1.99. The molecule has 3 unspecified atom stereocenters. The summed E-state index contributed by atoms with van der Waals surface area (Å²) in [5.41, 5.74) is 1.61. The van der Waals surface area contributed by atoms with Gasteiger partial charge in [0.1, 0.15) is 0 Å².